The van der Waals surface area contributed by atoms with Crippen LogP contribution in [0.4, 0.5) is 10.3 Å². The minimum Gasteiger partial charge on any atom is -0.488 e. The lowest BCUT2D eigenvalue weighted by atomic mass is 10.0. The fourth-order valence-electron chi connectivity index (χ4n) is 3.08. The summed E-state index contributed by atoms with van der Waals surface area (Å²) in [7, 11) is 0. The molecule has 5 nitrogen and oxygen atoms in total. The molecule has 0 fully saturated rings. The first kappa shape index (κ1) is 19.3. The number of halogens is 1. The summed E-state index contributed by atoms with van der Waals surface area (Å²) in [4.78, 5) is 18.6. The highest BCUT2D eigenvalue weighted by Gasteiger charge is 2.11. The van der Waals surface area contributed by atoms with Gasteiger partial charge in [0, 0.05) is 34.6 Å². The number of benzene rings is 3. The van der Waals surface area contributed by atoms with Gasteiger partial charge in [-0.05, 0) is 23.3 Å². The van der Waals surface area contributed by atoms with E-state index in [0.29, 0.717) is 34.6 Å². The first-order chi connectivity index (χ1) is 14.6. The minimum atomic E-state index is -0.389. The molecule has 0 aliphatic heterocycles. The van der Waals surface area contributed by atoms with Crippen molar-refractivity contribution in [1.82, 2.24) is 9.97 Å². The average Bonchev–Trinajstić information content (AvgIpc) is 2.79. The Labute approximate surface area is 173 Å². The van der Waals surface area contributed by atoms with Crippen molar-refractivity contribution in [3.8, 4) is 28.0 Å². The SMILES string of the molecule is Nc1ncc(-c2ccc(-c3ccccc3OCc3ccc(C=O)cc3)cc2F)cn1. The van der Waals surface area contributed by atoms with E-state index in [-0.39, 0.29) is 11.8 Å². The highest BCUT2D eigenvalue weighted by atomic mass is 19.1. The van der Waals surface area contributed by atoms with Gasteiger partial charge < -0.3 is 10.5 Å². The van der Waals surface area contributed by atoms with Crippen molar-refractivity contribution in [3.63, 3.8) is 0 Å². The Morgan fingerprint density at radius 1 is 0.900 bits per heavy atom. The zero-order valence-corrected chi connectivity index (χ0v) is 16.0. The Balaban J connectivity index is 1.59. The molecule has 0 atom stereocenters. The number of aromatic nitrogens is 2. The molecule has 0 radical (unpaired) electrons. The summed E-state index contributed by atoms with van der Waals surface area (Å²) >= 11 is 0. The van der Waals surface area contributed by atoms with E-state index in [9.17, 15) is 9.18 Å². The molecule has 0 aliphatic carbocycles. The smallest absolute Gasteiger partial charge is 0.219 e. The molecule has 6 heteroatoms. The molecule has 30 heavy (non-hydrogen) atoms. The van der Waals surface area contributed by atoms with Crippen molar-refractivity contribution in [2.24, 2.45) is 0 Å². The number of nitrogens with zero attached hydrogens (tertiary/aromatic N) is 2. The summed E-state index contributed by atoms with van der Waals surface area (Å²) in [5.74, 6) is 0.391. The number of nitrogen functional groups attached to an aromatic ring is 1. The standard InChI is InChI=1S/C24H18FN3O2/c25-22-11-18(9-10-20(22)19-12-27-24(26)28-13-19)21-3-1-2-4-23(21)30-15-17-7-5-16(14-29)6-8-17/h1-14H,15H2,(H2,26,27,28). The zero-order valence-electron chi connectivity index (χ0n) is 16.0. The summed E-state index contributed by atoms with van der Waals surface area (Å²) in [6, 6.07) is 19.6. The van der Waals surface area contributed by atoms with E-state index < -0.39 is 0 Å². The Morgan fingerprint density at radius 3 is 2.33 bits per heavy atom. The second-order valence-corrected chi connectivity index (χ2v) is 6.67. The van der Waals surface area contributed by atoms with Crippen LogP contribution in [0.2, 0.25) is 0 Å². The van der Waals surface area contributed by atoms with Crippen LogP contribution in [0.1, 0.15) is 15.9 Å². The fourth-order valence-corrected chi connectivity index (χ4v) is 3.08. The van der Waals surface area contributed by atoms with Crippen LogP contribution in [-0.4, -0.2) is 16.3 Å². The predicted molar refractivity (Wildman–Crippen MR) is 113 cm³/mol. The van der Waals surface area contributed by atoms with Crippen LogP contribution in [0.15, 0.2) is 79.1 Å². The highest BCUT2D eigenvalue weighted by molar-refractivity contribution is 5.75. The highest BCUT2D eigenvalue weighted by Crippen LogP contribution is 2.33. The zero-order chi connectivity index (χ0) is 20.9. The summed E-state index contributed by atoms with van der Waals surface area (Å²) in [6.07, 6.45) is 3.79. The molecule has 4 aromatic rings. The normalized spacial score (nSPS) is 10.6. The molecule has 4 rings (SSSR count). The molecule has 148 valence electrons. The number of para-hydroxylation sites is 1. The van der Waals surface area contributed by atoms with Gasteiger partial charge in [-0.15, -0.1) is 0 Å². The van der Waals surface area contributed by atoms with Gasteiger partial charge in [0.1, 0.15) is 24.5 Å². The average molecular weight is 399 g/mol. The van der Waals surface area contributed by atoms with Crippen molar-refractivity contribution in [2.75, 3.05) is 5.73 Å². The lowest BCUT2D eigenvalue weighted by molar-refractivity contribution is 0.112. The minimum absolute atomic E-state index is 0.141. The van der Waals surface area contributed by atoms with E-state index >= 15 is 0 Å². The van der Waals surface area contributed by atoms with Crippen molar-refractivity contribution < 1.29 is 13.9 Å². The van der Waals surface area contributed by atoms with Gasteiger partial charge in [-0.25, -0.2) is 14.4 Å². The largest absolute Gasteiger partial charge is 0.488 e. The Morgan fingerprint density at radius 2 is 1.63 bits per heavy atom. The van der Waals surface area contributed by atoms with Crippen LogP contribution in [0.5, 0.6) is 5.75 Å². The Kier molecular flexibility index (Phi) is 5.48. The van der Waals surface area contributed by atoms with Gasteiger partial charge in [-0.3, -0.25) is 4.79 Å². The first-order valence-electron chi connectivity index (χ1n) is 9.28. The molecule has 1 heterocycles. The van der Waals surface area contributed by atoms with E-state index in [0.717, 1.165) is 17.4 Å². The molecule has 0 saturated heterocycles. The molecular weight excluding hydrogens is 381 g/mol. The molecule has 0 bridgehead atoms. The third kappa shape index (κ3) is 4.17. The number of aldehydes is 1. The van der Waals surface area contributed by atoms with Gasteiger partial charge in [-0.2, -0.15) is 0 Å². The topological polar surface area (TPSA) is 78.1 Å². The molecule has 3 aromatic carbocycles. The number of hydrogen-bond acceptors (Lipinski definition) is 5. The molecule has 0 saturated carbocycles. The van der Waals surface area contributed by atoms with Crippen LogP contribution in [0.25, 0.3) is 22.3 Å². The molecule has 1 aromatic heterocycles. The first-order valence-corrected chi connectivity index (χ1v) is 9.28. The second-order valence-electron chi connectivity index (χ2n) is 6.67. The van der Waals surface area contributed by atoms with E-state index in [1.807, 2.05) is 42.5 Å². The predicted octanol–water partition coefficient (Wildman–Crippen LogP) is 4.92. The van der Waals surface area contributed by atoms with Crippen LogP contribution in [-0.2, 0) is 6.61 Å². The van der Waals surface area contributed by atoms with Gasteiger partial charge in [0.2, 0.25) is 5.95 Å². The number of carbonyl (C=O) groups is 1. The van der Waals surface area contributed by atoms with Crippen LogP contribution >= 0.6 is 0 Å². The van der Waals surface area contributed by atoms with Crippen molar-refractivity contribution in [1.29, 1.82) is 0 Å². The second kappa shape index (κ2) is 8.53. The molecule has 2 N–H and O–H groups in total. The fraction of sp³-hybridized carbons (Fsp3) is 0.0417. The Hall–Kier alpha value is -4.06. The lowest BCUT2D eigenvalue weighted by Gasteiger charge is -2.13. The van der Waals surface area contributed by atoms with E-state index in [2.05, 4.69) is 9.97 Å². The molecular formula is C24H18FN3O2. The van der Waals surface area contributed by atoms with Crippen LogP contribution < -0.4 is 10.5 Å². The van der Waals surface area contributed by atoms with Crippen molar-refractivity contribution in [3.05, 3.63) is 96.1 Å². The summed E-state index contributed by atoms with van der Waals surface area (Å²) in [5.41, 5.74) is 9.46. The van der Waals surface area contributed by atoms with E-state index in [4.69, 9.17) is 10.5 Å². The number of hydrogen-bond donors (Lipinski definition) is 1. The quantitative estimate of drug-likeness (QED) is 0.466. The van der Waals surface area contributed by atoms with Gasteiger partial charge >= 0.3 is 0 Å². The lowest BCUT2D eigenvalue weighted by Crippen LogP contribution is -1.98. The summed E-state index contributed by atoms with van der Waals surface area (Å²) in [5, 5.41) is 0. The third-order valence-electron chi connectivity index (χ3n) is 4.66. The molecule has 0 spiro atoms. The summed E-state index contributed by atoms with van der Waals surface area (Å²) in [6.45, 7) is 0.333. The third-order valence-corrected chi connectivity index (χ3v) is 4.66. The van der Waals surface area contributed by atoms with Gasteiger partial charge in [-0.1, -0.05) is 54.6 Å². The maximum absolute atomic E-state index is 14.8. The van der Waals surface area contributed by atoms with Crippen LogP contribution in [0.3, 0.4) is 0 Å². The Bertz CT molecular complexity index is 1180. The maximum atomic E-state index is 14.8. The molecule has 0 aliphatic rings. The number of ether oxygens (including phenoxy) is 1. The van der Waals surface area contributed by atoms with E-state index in [1.54, 1.807) is 18.2 Å². The van der Waals surface area contributed by atoms with Crippen molar-refractivity contribution in [2.45, 2.75) is 6.61 Å². The molecule has 0 unspecified atom stereocenters. The van der Waals surface area contributed by atoms with Gasteiger partial charge in [0.05, 0.1) is 0 Å². The number of carbonyl (C=O) groups excluding carboxylic acids is 1. The van der Waals surface area contributed by atoms with Crippen molar-refractivity contribution >= 4 is 12.2 Å². The number of nitrogens with two attached hydrogens (primary N) is 1. The van der Waals surface area contributed by atoms with Crippen LogP contribution in [0, 0.1) is 5.82 Å². The molecule has 0 amide bonds. The monoisotopic (exact) mass is 399 g/mol. The van der Waals surface area contributed by atoms with E-state index in [1.165, 1.54) is 18.5 Å². The maximum Gasteiger partial charge on any atom is 0.219 e. The van der Waals surface area contributed by atoms with Gasteiger partial charge in [0.25, 0.3) is 0 Å². The number of anilines is 1. The summed E-state index contributed by atoms with van der Waals surface area (Å²) < 4.78 is 20.8. The van der Waals surface area contributed by atoms with Gasteiger partial charge in [0.15, 0.2) is 0 Å². The number of rotatable bonds is 6.